The molecule has 0 radical (unpaired) electrons. The minimum absolute atomic E-state index is 0.203. The van der Waals surface area contributed by atoms with Gasteiger partial charge in [0.2, 0.25) is 0 Å². The van der Waals surface area contributed by atoms with Gasteiger partial charge in [-0.2, -0.15) is 0 Å². The third-order valence-electron chi connectivity index (χ3n) is 6.42. The Hall–Kier alpha value is -3.69. The first-order valence-electron chi connectivity index (χ1n) is 11.9. The molecule has 0 saturated carbocycles. The molecule has 1 fully saturated rings. The van der Waals surface area contributed by atoms with Gasteiger partial charge in [-0.1, -0.05) is 17.7 Å². The zero-order valence-corrected chi connectivity index (χ0v) is 21.2. The molecule has 2 N–H and O–H groups in total. The van der Waals surface area contributed by atoms with Gasteiger partial charge in [-0.15, -0.1) is 0 Å². The summed E-state index contributed by atoms with van der Waals surface area (Å²) in [5.41, 5.74) is 3.58. The molecule has 1 aliphatic heterocycles. The van der Waals surface area contributed by atoms with E-state index in [9.17, 15) is 13.6 Å². The number of nitrogens with one attached hydrogen (secondary N) is 2. The second-order valence-corrected chi connectivity index (χ2v) is 9.38. The lowest BCUT2D eigenvalue weighted by molar-refractivity contribution is 0.102. The van der Waals surface area contributed by atoms with Gasteiger partial charge in [-0.3, -0.25) is 9.20 Å². The van der Waals surface area contributed by atoms with Crippen LogP contribution < -0.4 is 20.3 Å². The number of aromatic nitrogens is 2. The quantitative estimate of drug-likeness (QED) is 0.365. The molecule has 7 nitrogen and oxygen atoms in total. The fraction of sp³-hybridized carbons (Fsp3) is 0.259. The molecule has 4 aromatic rings. The lowest BCUT2D eigenvalue weighted by atomic mass is 10.1. The molecule has 37 heavy (non-hydrogen) atoms. The van der Waals surface area contributed by atoms with E-state index in [0.717, 1.165) is 49.6 Å². The number of rotatable bonds is 6. The number of hydrogen-bond donors (Lipinski definition) is 2. The normalized spacial score (nSPS) is 13.7. The van der Waals surface area contributed by atoms with Crippen LogP contribution in [-0.2, 0) is 6.61 Å². The van der Waals surface area contributed by atoms with Crippen molar-refractivity contribution in [2.24, 2.45) is 0 Å². The van der Waals surface area contributed by atoms with E-state index in [1.54, 1.807) is 13.1 Å². The number of carbonyl (C=O) groups excluding carboxylic acids is 1. The van der Waals surface area contributed by atoms with Gasteiger partial charge in [0.15, 0.2) is 11.4 Å². The maximum absolute atomic E-state index is 14.1. The first kappa shape index (κ1) is 25.0. The molecule has 0 unspecified atom stereocenters. The van der Waals surface area contributed by atoms with Gasteiger partial charge in [0.25, 0.3) is 5.91 Å². The van der Waals surface area contributed by atoms with Gasteiger partial charge in [0, 0.05) is 49.8 Å². The van der Waals surface area contributed by atoms with Gasteiger partial charge < -0.3 is 20.3 Å². The Morgan fingerprint density at radius 1 is 1.14 bits per heavy atom. The van der Waals surface area contributed by atoms with Gasteiger partial charge in [-0.05, 0) is 49.7 Å². The van der Waals surface area contributed by atoms with E-state index >= 15 is 0 Å². The standard InChI is InChI=1S/C27H26ClF2N5O2/c1-16-12-19(34-10-8-31-9-11-34)6-7-23(16)33-27(36)25-17(2)32-26-24(13-18(28)14-35(25)26)37-15-20-21(29)4-3-5-22(20)30/h3-7,12-14,31H,8-11,15H2,1-2H3,(H,33,36). The lowest BCUT2D eigenvalue weighted by Crippen LogP contribution is -2.43. The van der Waals surface area contributed by atoms with E-state index in [1.165, 1.54) is 16.5 Å². The predicted molar refractivity (Wildman–Crippen MR) is 140 cm³/mol. The van der Waals surface area contributed by atoms with Crippen LogP contribution in [0.5, 0.6) is 5.75 Å². The number of nitrogens with zero attached hydrogens (tertiary/aromatic N) is 3. The number of carbonyl (C=O) groups is 1. The van der Waals surface area contributed by atoms with Crippen LogP contribution >= 0.6 is 11.6 Å². The number of hydrogen-bond acceptors (Lipinski definition) is 5. The number of pyridine rings is 1. The summed E-state index contributed by atoms with van der Waals surface area (Å²) in [4.78, 5) is 20.2. The number of halogens is 3. The van der Waals surface area contributed by atoms with E-state index in [2.05, 4.69) is 26.6 Å². The average molecular weight is 526 g/mol. The SMILES string of the molecule is Cc1cc(N2CCNCC2)ccc1NC(=O)c1c(C)nc2c(OCc3c(F)cccc3F)cc(Cl)cn12. The van der Waals surface area contributed by atoms with Crippen molar-refractivity contribution in [1.82, 2.24) is 14.7 Å². The third-order valence-corrected chi connectivity index (χ3v) is 6.62. The van der Waals surface area contributed by atoms with Crippen molar-refractivity contribution in [3.8, 4) is 5.75 Å². The fourth-order valence-electron chi connectivity index (χ4n) is 4.49. The molecule has 1 amide bonds. The van der Waals surface area contributed by atoms with Crippen LogP contribution in [0.2, 0.25) is 5.02 Å². The second kappa shape index (κ2) is 10.4. The maximum Gasteiger partial charge on any atom is 0.274 e. The van der Waals surface area contributed by atoms with Crippen LogP contribution in [0.3, 0.4) is 0 Å². The third kappa shape index (κ3) is 5.10. The molecule has 5 rings (SSSR count). The molecule has 0 aliphatic carbocycles. The summed E-state index contributed by atoms with van der Waals surface area (Å²) >= 11 is 6.31. The van der Waals surface area contributed by atoms with Crippen molar-refractivity contribution in [2.75, 3.05) is 36.4 Å². The van der Waals surface area contributed by atoms with E-state index in [-0.39, 0.29) is 34.5 Å². The highest BCUT2D eigenvalue weighted by atomic mass is 35.5. The zero-order valence-electron chi connectivity index (χ0n) is 20.4. The van der Waals surface area contributed by atoms with Crippen LogP contribution in [0.15, 0.2) is 48.7 Å². The first-order valence-corrected chi connectivity index (χ1v) is 12.3. The number of anilines is 2. The molecular formula is C27H26ClF2N5O2. The monoisotopic (exact) mass is 525 g/mol. The summed E-state index contributed by atoms with van der Waals surface area (Å²) in [7, 11) is 0. The van der Waals surface area contributed by atoms with Crippen LogP contribution in [0.1, 0.15) is 27.3 Å². The van der Waals surface area contributed by atoms with Crippen LogP contribution in [-0.4, -0.2) is 41.5 Å². The molecule has 1 aliphatic rings. The molecule has 192 valence electrons. The van der Waals surface area contributed by atoms with E-state index in [4.69, 9.17) is 16.3 Å². The molecular weight excluding hydrogens is 500 g/mol. The number of piperazine rings is 1. The van der Waals surface area contributed by atoms with Gasteiger partial charge in [-0.25, -0.2) is 13.8 Å². The number of fused-ring (bicyclic) bond motifs is 1. The van der Waals surface area contributed by atoms with Crippen molar-refractivity contribution in [1.29, 1.82) is 0 Å². The van der Waals surface area contributed by atoms with Crippen molar-refractivity contribution in [3.05, 3.63) is 87.8 Å². The van der Waals surface area contributed by atoms with Crippen LogP contribution in [0, 0.1) is 25.5 Å². The predicted octanol–water partition coefficient (Wildman–Crippen LogP) is 5.12. The average Bonchev–Trinajstić information content (AvgIpc) is 3.21. The highest BCUT2D eigenvalue weighted by Gasteiger charge is 2.21. The van der Waals surface area contributed by atoms with Crippen LogP contribution in [0.25, 0.3) is 5.65 Å². The van der Waals surface area contributed by atoms with Crippen molar-refractivity contribution >= 4 is 34.5 Å². The Morgan fingerprint density at radius 2 is 1.86 bits per heavy atom. The summed E-state index contributed by atoms with van der Waals surface area (Å²) in [5.74, 6) is -1.59. The zero-order chi connectivity index (χ0) is 26.1. The molecule has 2 aromatic heterocycles. The van der Waals surface area contributed by atoms with Gasteiger partial charge in [0.1, 0.15) is 23.9 Å². The summed E-state index contributed by atoms with van der Waals surface area (Å²) < 4.78 is 35.4. The summed E-state index contributed by atoms with van der Waals surface area (Å²) in [6.45, 7) is 7.04. The number of benzene rings is 2. The Balaban J connectivity index is 1.41. The highest BCUT2D eigenvalue weighted by molar-refractivity contribution is 6.30. The van der Waals surface area contributed by atoms with Gasteiger partial charge >= 0.3 is 0 Å². The summed E-state index contributed by atoms with van der Waals surface area (Å²) in [5, 5.41) is 6.59. The summed E-state index contributed by atoms with van der Waals surface area (Å²) in [6.07, 6.45) is 1.56. The molecule has 1 saturated heterocycles. The molecule has 10 heteroatoms. The minimum atomic E-state index is -0.712. The molecule has 0 atom stereocenters. The molecule has 0 bridgehead atoms. The number of imidazole rings is 1. The van der Waals surface area contributed by atoms with Crippen molar-refractivity contribution in [2.45, 2.75) is 20.5 Å². The largest absolute Gasteiger partial charge is 0.485 e. The Kier molecular flexibility index (Phi) is 6.99. The molecule has 2 aromatic carbocycles. The van der Waals surface area contributed by atoms with E-state index < -0.39 is 11.6 Å². The van der Waals surface area contributed by atoms with Crippen LogP contribution in [0.4, 0.5) is 20.2 Å². The Labute approximate surface area is 218 Å². The van der Waals surface area contributed by atoms with Gasteiger partial charge in [0.05, 0.1) is 16.3 Å². The number of aryl methyl sites for hydroxylation is 2. The second-order valence-electron chi connectivity index (χ2n) is 8.94. The Morgan fingerprint density at radius 3 is 2.57 bits per heavy atom. The number of ether oxygens (including phenoxy) is 1. The number of amides is 1. The lowest BCUT2D eigenvalue weighted by Gasteiger charge is -2.30. The minimum Gasteiger partial charge on any atom is -0.485 e. The van der Waals surface area contributed by atoms with Crippen molar-refractivity contribution in [3.63, 3.8) is 0 Å². The topological polar surface area (TPSA) is 70.9 Å². The summed E-state index contributed by atoms with van der Waals surface area (Å²) in [6, 6.07) is 11.1. The highest BCUT2D eigenvalue weighted by Crippen LogP contribution is 2.29. The smallest absolute Gasteiger partial charge is 0.274 e. The fourth-order valence-corrected chi connectivity index (χ4v) is 4.68. The first-order chi connectivity index (χ1) is 17.8. The van der Waals surface area contributed by atoms with E-state index in [1.807, 2.05) is 19.1 Å². The van der Waals surface area contributed by atoms with E-state index in [0.29, 0.717) is 17.0 Å². The maximum atomic E-state index is 14.1. The Bertz CT molecular complexity index is 1460. The molecule has 3 heterocycles. The van der Waals surface area contributed by atoms with Crippen molar-refractivity contribution < 1.29 is 18.3 Å². The molecule has 0 spiro atoms.